The molecule has 0 aromatic heterocycles. The van der Waals surface area contributed by atoms with Gasteiger partial charge in [-0.25, -0.2) is 4.79 Å². The lowest BCUT2D eigenvalue weighted by molar-refractivity contribution is -0.128. The summed E-state index contributed by atoms with van der Waals surface area (Å²) >= 11 is 0. The summed E-state index contributed by atoms with van der Waals surface area (Å²) < 4.78 is 4.74. The molecule has 0 rings (SSSR count). The fourth-order valence-corrected chi connectivity index (χ4v) is 1.48. The molecule has 1 N–H and O–H groups in total. The summed E-state index contributed by atoms with van der Waals surface area (Å²) in [6.45, 7) is 6.23. The largest absolute Gasteiger partial charge is 0.450 e. The van der Waals surface area contributed by atoms with Crippen LogP contribution in [0.25, 0.3) is 0 Å². The molecule has 0 aromatic carbocycles. The molecule has 0 fully saturated rings. The molecule has 0 aliphatic rings. The Balaban J connectivity index is 3.83. The van der Waals surface area contributed by atoms with E-state index in [1.807, 2.05) is 14.1 Å². The molecule has 6 nitrogen and oxygen atoms in total. The molecule has 0 aromatic rings. The minimum absolute atomic E-state index is 0.0272. The first-order chi connectivity index (χ1) is 8.47. The van der Waals surface area contributed by atoms with E-state index in [1.165, 1.54) is 0 Å². The Bertz CT molecular complexity index is 257. The molecule has 0 aliphatic heterocycles. The van der Waals surface area contributed by atoms with Gasteiger partial charge in [-0.15, -0.1) is 0 Å². The molecule has 0 saturated heterocycles. The van der Waals surface area contributed by atoms with E-state index in [1.54, 1.807) is 18.7 Å². The zero-order valence-electron chi connectivity index (χ0n) is 11.9. The minimum Gasteiger partial charge on any atom is -0.450 e. The van der Waals surface area contributed by atoms with Crippen LogP contribution in [0.2, 0.25) is 0 Å². The molecule has 0 atom stereocenters. The molecule has 6 heteroatoms. The first-order valence-corrected chi connectivity index (χ1v) is 6.28. The van der Waals surface area contributed by atoms with Crippen LogP contribution in [0.15, 0.2) is 0 Å². The van der Waals surface area contributed by atoms with Gasteiger partial charge in [0.2, 0.25) is 5.91 Å². The molecule has 2 amide bonds. The molecular weight excluding hydrogens is 234 g/mol. The summed E-state index contributed by atoms with van der Waals surface area (Å²) in [5.41, 5.74) is 0. The van der Waals surface area contributed by atoms with Crippen LogP contribution < -0.4 is 5.32 Å². The Labute approximate surface area is 109 Å². The lowest BCUT2D eigenvalue weighted by Crippen LogP contribution is -2.38. The van der Waals surface area contributed by atoms with Crippen molar-refractivity contribution in [2.75, 3.05) is 46.9 Å². The van der Waals surface area contributed by atoms with E-state index in [0.29, 0.717) is 26.2 Å². The van der Waals surface area contributed by atoms with Gasteiger partial charge < -0.3 is 19.9 Å². The maximum Gasteiger partial charge on any atom is 0.407 e. The third-order valence-electron chi connectivity index (χ3n) is 2.41. The van der Waals surface area contributed by atoms with E-state index < -0.39 is 6.09 Å². The van der Waals surface area contributed by atoms with Gasteiger partial charge in [0, 0.05) is 26.6 Å². The number of nitrogens with one attached hydrogen (secondary N) is 1. The monoisotopic (exact) mass is 259 g/mol. The molecule has 0 radical (unpaired) electrons. The lowest BCUT2D eigenvalue weighted by Gasteiger charge is -2.22. The second-order valence-corrected chi connectivity index (χ2v) is 4.31. The normalized spacial score (nSPS) is 10.3. The van der Waals surface area contributed by atoms with Crippen molar-refractivity contribution in [3.05, 3.63) is 0 Å². The van der Waals surface area contributed by atoms with Crippen LogP contribution >= 0.6 is 0 Å². The fourth-order valence-electron chi connectivity index (χ4n) is 1.48. The van der Waals surface area contributed by atoms with Crippen LogP contribution in [0.3, 0.4) is 0 Å². The number of alkyl carbamates (subject to hydrolysis) is 1. The Morgan fingerprint density at radius 3 is 2.33 bits per heavy atom. The quantitative estimate of drug-likeness (QED) is 0.691. The predicted octanol–water partition coefficient (Wildman–Crippen LogP) is 0.533. The van der Waals surface area contributed by atoms with E-state index in [2.05, 4.69) is 10.2 Å². The van der Waals surface area contributed by atoms with Crippen molar-refractivity contribution in [3.63, 3.8) is 0 Å². The third-order valence-corrected chi connectivity index (χ3v) is 2.41. The molecule has 0 aliphatic carbocycles. The minimum atomic E-state index is -0.436. The number of hydrogen-bond donors (Lipinski definition) is 1. The Kier molecular flexibility index (Phi) is 9.00. The van der Waals surface area contributed by atoms with Crippen molar-refractivity contribution >= 4 is 12.0 Å². The number of carbonyl (C=O) groups excluding carboxylic acids is 2. The Hall–Kier alpha value is -1.30. The van der Waals surface area contributed by atoms with Crippen molar-refractivity contribution in [2.24, 2.45) is 0 Å². The molecule has 18 heavy (non-hydrogen) atoms. The van der Waals surface area contributed by atoms with E-state index in [4.69, 9.17) is 4.74 Å². The highest BCUT2D eigenvalue weighted by Crippen LogP contribution is 1.93. The van der Waals surface area contributed by atoms with Crippen LogP contribution in [0, 0.1) is 0 Å². The van der Waals surface area contributed by atoms with Gasteiger partial charge in [-0.1, -0.05) is 0 Å². The number of hydrogen-bond acceptors (Lipinski definition) is 4. The molecule has 0 saturated carbocycles. The molecular formula is C12H25N3O3. The van der Waals surface area contributed by atoms with Gasteiger partial charge in [-0.05, 0) is 34.0 Å². The van der Waals surface area contributed by atoms with Crippen LogP contribution in [-0.2, 0) is 9.53 Å². The summed E-state index contributed by atoms with van der Waals surface area (Å²) in [5, 5.41) is 2.60. The number of nitrogens with zero attached hydrogens (tertiary/aromatic N) is 2. The molecule has 0 spiro atoms. The van der Waals surface area contributed by atoms with Crippen molar-refractivity contribution < 1.29 is 14.3 Å². The summed E-state index contributed by atoms with van der Waals surface area (Å²) in [6.07, 6.45) is 0.487. The Morgan fingerprint density at radius 1 is 1.17 bits per heavy atom. The predicted molar refractivity (Wildman–Crippen MR) is 70.4 cm³/mol. The van der Waals surface area contributed by atoms with Crippen molar-refractivity contribution in [3.8, 4) is 0 Å². The van der Waals surface area contributed by atoms with E-state index in [0.717, 1.165) is 13.0 Å². The third kappa shape index (κ3) is 8.81. The SMILES string of the molecule is CCOC(=O)NCCN(CCCN(C)C)C(C)=O. The summed E-state index contributed by atoms with van der Waals surface area (Å²) in [7, 11) is 4.00. The maximum atomic E-state index is 11.4. The molecule has 0 heterocycles. The van der Waals surface area contributed by atoms with Gasteiger partial charge >= 0.3 is 6.09 Å². The number of ether oxygens (including phenoxy) is 1. The number of carbonyl (C=O) groups is 2. The zero-order chi connectivity index (χ0) is 14.0. The maximum absolute atomic E-state index is 11.4. The highest BCUT2D eigenvalue weighted by atomic mass is 16.5. The van der Waals surface area contributed by atoms with Crippen LogP contribution in [0.4, 0.5) is 4.79 Å². The molecule has 0 unspecified atom stereocenters. The van der Waals surface area contributed by atoms with Gasteiger partial charge in [0.15, 0.2) is 0 Å². The van der Waals surface area contributed by atoms with Gasteiger partial charge in [-0.3, -0.25) is 4.79 Å². The first-order valence-electron chi connectivity index (χ1n) is 6.28. The molecule has 0 bridgehead atoms. The lowest BCUT2D eigenvalue weighted by atomic mass is 10.3. The summed E-state index contributed by atoms with van der Waals surface area (Å²) in [5.74, 6) is 0.0272. The van der Waals surface area contributed by atoms with E-state index in [-0.39, 0.29) is 5.91 Å². The van der Waals surface area contributed by atoms with Gasteiger partial charge in [-0.2, -0.15) is 0 Å². The van der Waals surface area contributed by atoms with Crippen molar-refractivity contribution in [1.82, 2.24) is 15.1 Å². The van der Waals surface area contributed by atoms with Crippen LogP contribution in [0.5, 0.6) is 0 Å². The topological polar surface area (TPSA) is 61.9 Å². The van der Waals surface area contributed by atoms with E-state index in [9.17, 15) is 9.59 Å². The number of rotatable bonds is 8. The molecule has 106 valence electrons. The van der Waals surface area contributed by atoms with Crippen molar-refractivity contribution in [1.29, 1.82) is 0 Å². The van der Waals surface area contributed by atoms with E-state index >= 15 is 0 Å². The van der Waals surface area contributed by atoms with Gasteiger partial charge in [0.1, 0.15) is 0 Å². The average Bonchev–Trinajstić information content (AvgIpc) is 2.26. The van der Waals surface area contributed by atoms with Gasteiger partial charge in [0.25, 0.3) is 0 Å². The standard InChI is InChI=1S/C12H25N3O3/c1-5-18-12(17)13-7-10-15(11(2)16)9-6-8-14(3)4/h5-10H2,1-4H3,(H,13,17). The highest BCUT2D eigenvalue weighted by Gasteiger charge is 2.09. The number of amides is 2. The summed E-state index contributed by atoms with van der Waals surface area (Å²) in [6, 6.07) is 0. The average molecular weight is 259 g/mol. The zero-order valence-corrected chi connectivity index (χ0v) is 11.9. The second-order valence-electron chi connectivity index (χ2n) is 4.31. The fraction of sp³-hybridized carbons (Fsp3) is 0.833. The van der Waals surface area contributed by atoms with Gasteiger partial charge in [0.05, 0.1) is 6.61 Å². The Morgan fingerprint density at radius 2 is 1.83 bits per heavy atom. The van der Waals surface area contributed by atoms with Crippen LogP contribution in [0.1, 0.15) is 20.3 Å². The smallest absolute Gasteiger partial charge is 0.407 e. The van der Waals surface area contributed by atoms with Crippen molar-refractivity contribution in [2.45, 2.75) is 20.3 Å². The second kappa shape index (κ2) is 9.70. The van der Waals surface area contributed by atoms with Crippen LogP contribution in [-0.4, -0.2) is 68.7 Å². The highest BCUT2D eigenvalue weighted by molar-refractivity contribution is 5.73. The first kappa shape index (κ1) is 16.7. The summed E-state index contributed by atoms with van der Waals surface area (Å²) in [4.78, 5) is 26.3.